The van der Waals surface area contributed by atoms with Gasteiger partial charge < -0.3 is 10.2 Å². The maximum absolute atomic E-state index is 11.2. The number of carbonyl (C=O) groups is 1. The summed E-state index contributed by atoms with van der Waals surface area (Å²) < 4.78 is 0. The van der Waals surface area contributed by atoms with E-state index < -0.39 is 0 Å². The second-order valence-corrected chi connectivity index (χ2v) is 4.84. The molecule has 21 heavy (non-hydrogen) atoms. The first-order valence-electron chi connectivity index (χ1n) is 6.67. The molecule has 0 radical (unpaired) electrons. The number of carbonyl (C=O) groups excluding carboxylic acids is 1. The molecule has 5 nitrogen and oxygen atoms in total. The maximum atomic E-state index is 11.2. The van der Waals surface area contributed by atoms with Crippen LogP contribution in [0.1, 0.15) is 6.92 Å². The van der Waals surface area contributed by atoms with Crippen molar-refractivity contribution >= 4 is 11.6 Å². The highest BCUT2D eigenvalue weighted by atomic mass is 16.3. The second kappa shape index (κ2) is 6.65. The van der Waals surface area contributed by atoms with E-state index >= 15 is 0 Å². The van der Waals surface area contributed by atoms with Crippen LogP contribution in [0.5, 0.6) is 11.5 Å². The standard InChI is InChI=1S/C10H12N2O.C6H6O2/c1-8-7-12(11-10(8)13)9-5-3-2-4-6-9;7-5-1-2-6(8)4-3-5/h2-6,8H,7H2,1H3,(H,11,13);1-4,7-8H. The van der Waals surface area contributed by atoms with E-state index in [-0.39, 0.29) is 23.3 Å². The monoisotopic (exact) mass is 286 g/mol. The Kier molecular flexibility index (Phi) is 4.66. The van der Waals surface area contributed by atoms with Crippen LogP contribution in [0, 0.1) is 5.92 Å². The lowest BCUT2D eigenvalue weighted by atomic mass is 10.2. The van der Waals surface area contributed by atoms with Gasteiger partial charge in [-0.3, -0.25) is 15.2 Å². The van der Waals surface area contributed by atoms with Gasteiger partial charge in [0.2, 0.25) is 5.91 Å². The summed E-state index contributed by atoms with van der Waals surface area (Å²) in [5.41, 5.74) is 3.86. The van der Waals surface area contributed by atoms with E-state index in [1.165, 1.54) is 24.3 Å². The number of anilines is 1. The number of nitrogens with one attached hydrogen (secondary N) is 1. The van der Waals surface area contributed by atoms with Gasteiger partial charge in [-0.05, 0) is 36.4 Å². The molecule has 0 bridgehead atoms. The quantitative estimate of drug-likeness (QED) is 0.703. The van der Waals surface area contributed by atoms with Crippen molar-refractivity contribution in [1.82, 2.24) is 5.43 Å². The van der Waals surface area contributed by atoms with Crippen LogP contribution in [0.3, 0.4) is 0 Å². The summed E-state index contributed by atoms with van der Waals surface area (Å²) in [6, 6.07) is 15.6. The fraction of sp³-hybridized carbons (Fsp3) is 0.188. The van der Waals surface area contributed by atoms with Gasteiger partial charge in [0.15, 0.2) is 0 Å². The van der Waals surface area contributed by atoms with E-state index in [0.717, 1.165) is 12.2 Å². The molecule has 3 rings (SSSR count). The largest absolute Gasteiger partial charge is 0.508 e. The Morgan fingerprint density at radius 3 is 1.95 bits per heavy atom. The molecule has 2 aromatic rings. The lowest BCUT2D eigenvalue weighted by molar-refractivity contribution is -0.121. The Labute approximate surface area is 123 Å². The summed E-state index contributed by atoms with van der Waals surface area (Å²) in [6.07, 6.45) is 0. The third-order valence-electron chi connectivity index (χ3n) is 3.07. The number of hydrogen-bond donors (Lipinski definition) is 3. The van der Waals surface area contributed by atoms with Crippen LogP contribution in [-0.2, 0) is 4.79 Å². The van der Waals surface area contributed by atoms with Crippen molar-refractivity contribution < 1.29 is 15.0 Å². The van der Waals surface area contributed by atoms with Crippen molar-refractivity contribution in [3.05, 3.63) is 54.6 Å². The van der Waals surface area contributed by atoms with Gasteiger partial charge in [0.1, 0.15) is 11.5 Å². The Balaban J connectivity index is 0.000000173. The third kappa shape index (κ3) is 4.14. The average Bonchev–Trinajstić information content (AvgIpc) is 2.84. The van der Waals surface area contributed by atoms with Crippen molar-refractivity contribution in [2.45, 2.75) is 6.92 Å². The lowest BCUT2D eigenvalue weighted by Crippen LogP contribution is -2.32. The Morgan fingerprint density at radius 1 is 1.00 bits per heavy atom. The molecule has 0 aliphatic carbocycles. The van der Waals surface area contributed by atoms with E-state index in [1.54, 1.807) is 0 Å². The Morgan fingerprint density at radius 2 is 1.52 bits per heavy atom. The molecule has 1 aliphatic heterocycles. The molecule has 0 spiro atoms. The van der Waals surface area contributed by atoms with Crippen molar-refractivity contribution in [3.63, 3.8) is 0 Å². The molecule has 5 heteroatoms. The molecule has 3 N–H and O–H groups in total. The highest BCUT2D eigenvalue weighted by Crippen LogP contribution is 2.17. The molecule has 0 aromatic heterocycles. The molecule has 1 aliphatic rings. The van der Waals surface area contributed by atoms with Crippen LogP contribution in [0.25, 0.3) is 0 Å². The van der Waals surface area contributed by atoms with Gasteiger partial charge in [0.05, 0.1) is 18.2 Å². The fourth-order valence-electron chi connectivity index (χ4n) is 1.88. The highest BCUT2D eigenvalue weighted by molar-refractivity contribution is 5.83. The molecular weight excluding hydrogens is 268 g/mol. The summed E-state index contributed by atoms with van der Waals surface area (Å²) in [6.45, 7) is 2.68. The number of hydrogen-bond acceptors (Lipinski definition) is 4. The van der Waals surface area contributed by atoms with Gasteiger partial charge in [-0.2, -0.15) is 0 Å². The van der Waals surface area contributed by atoms with Crippen LogP contribution in [0.4, 0.5) is 5.69 Å². The van der Waals surface area contributed by atoms with E-state index in [4.69, 9.17) is 10.2 Å². The topological polar surface area (TPSA) is 72.8 Å². The molecule has 110 valence electrons. The predicted molar refractivity (Wildman–Crippen MR) is 80.9 cm³/mol. The lowest BCUT2D eigenvalue weighted by Gasteiger charge is -2.16. The first-order chi connectivity index (χ1) is 10.1. The number of aromatic hydroxyl groups is 2. The van der Waals surface area contributed by atoms with E-state index in [2.05, 4.69) is 5.43 Å². The molecule has 2 aromatic carbocycles. The van der Waals surface area contributed by atoms with Gasteiger partial charge >= 0.3 is 0 Å². The zero-order valence-electron chi connectivity index (χ0n) is 11.7. The molecule has 1 saturated heterocycles. The third-order valence-corrected chi connectivity index (χ3v) is 3.07. The minimum absolute atomic E-state index is 0.0835. The van der Waals surface area contributed by atoms with Crippen molar-refractivity contribution in [2.75, 3.05) is 11.6 Å². The summed E-state index contributed by atoms with van der Waals surface area (Å²) in [7, 11) is 0. The van der Waals surface area contributed by atoms with Crippen molar-refractivity contribution in [2.24, 2.45) is 5.92 Å². The van der Waals surface area contributed by atoms with Gasteiger partial charge in [-0.15, -0.1) is 0 Å². The molecule has 1 fully saturated rings. The highest BCUT2D eigenvalue weighted by Gasteiger charge is 2.26. The predicted octanol–water partition coefficient (Wildman–Crippen LogP) is 2.27. The van der Waals surface area contributed by atoms with Crippen LogP contribution < -0.4 is 10.4 Å². The van der Waals surface area contributed by atoms with E-state index in [1.807, 2.05) is 42.3 Å². The SMILES string of the molecule is CC1CN(c2ccccc2)NC1=O.Oc1ccc(O)cc1. The molecule has 1 amide bonds. The van der Waals surface area contributed by atoms with Gasteiger partial charge in [0, 0.05) is 0 Å². The van der Waals surface area contributed by atoms with Crippen LogP contribution in [0.15, 0.2) is 54.6 Å². The maximum Gasteiger partial charge on any atom is 0.243 e. The van der Waals surface area contributed by atoms with E-state index in [0.29, 0.717) is 0 Å². The summed E-state index contributed by atoms with van der Waals surface area (Å²) in [4.78, 5) is 11.2. The summed E-state index contributed by atoms with van der Waals surface area (Å²) in [5.74, 6) is 0.523. The van der Waals surface area contributed by atoms with Crippen LogP contribution in [-0.4, -0.2) is 22.7 Å². The smallest absolute Gasteiger partial charge is 0.243 e. The number of nitrogens with zero attached hydrogens (tertiary/aromatic N) is 1. The molecule has 0 saturated carbocycles. The zero-order chi connectivity index (χ0) is 15.2. The van der Waals surface area contributed by atoms with Crippen molar-refractivity contribution in [1.29, 1.82) is 0 Å². The number of amides is 1. The van der Waals surface area contributed by atoms with Gasteiger partial charge in [-0.1, -0.05) is 25.1 Å². The number of para-hydroxylation sites is 1. The minimum atomic E-state index is 0.0835. The minimum Gasteiger partial charge on any atom is -0.508 e. The number of benzene rings is 2. The molecule has 1 heterocycles. The number of phenols is 2. The molecule has 1 atom stereocenters. The van der Waals surface area contributed by atoms with Crippen LogP contribution >= 0.6 is 0 Å². The fourth-order valence-corrected chi connectivity index (χ4v) is 1.88. The van der Waals surface area contributed by atoms with Gasteiger partial charge in [-0.25, -0.2) is 0 Å². The normalized spacial score (nSPS) is 16.9. The Hall–Kier alpha value is -2.69. The average molecular weight is 286 g/mol. The Bertz CT molecular complexity index is 563. The summed E-state index contributed by atoms with van der Waals surface area (Å²) in [5, 5.41) is 19.2. The molecule has 1 unspecified atom stereocenters. The van der Waals surface area contributed by atoms with Gasteiger partial charge in [0.25, 0.3) is 0 Å². The number of rotatable bonds is 1. The first-order valence-corrected chi connectivity index (χ1v) is 6.67. The molecular formula is C16H18N2O3. The number of phenolic OH excluding ortho intramolecular Hbond substituents is 2. The van der Waals surface area contributed by atoms with E-state index in [9.17, 15) is 4.79 Å². The summed E-state index contributed by atoms with van der Waals surface area (Å²) >= 11 is 0. The zero-order valence-corrected chi connectivity index (χ0v) is 11.7. The number of hydrazine groups is 1. The second-order valence-electron chi connectivity index (χ2n) is 4.84. The van der Waals surface area contributed by atoms with Crippen LogP contribution in [0.2, 0.25) is 0 Å². The van der Waals surface area contributed by atoms with Crippen molar-refractivity contribution in [3.8, 4) is 11.5 Å². The first kappa shape index (κ1) is 14.7.